The van der Waals surface area contributed by atoms with Gasteiger partial charge in [-0.2, -0.15) is 5.10 Å². The number of carbonyl (C=O) groups is 1. The molecule has 0 radical (unpaired) electrons. The van der Waals surface area contributed by atoms with Crippen molar-refractivity contribution in [3.05, 3.63) is 76.3 Å². The van der Waals surface area contributed by atoms with Gasteiger partial charge in [-0.1, -0.05) is 6.07 Å². The lowest BCUT2D eigenvalue weighted by atomic mass is 10.1. The molecule has 0 aliphatic carbocycles. The molecule has 31 heavy (non-hydrogen) atoms. The summed E-state index contributed by atoms with van der Waals surface area (Å²) < 4.78 is 26.2. The van der Waals surface area contributed by atoms with Crippen LogP contribution < -0.4 is 5.32 Å². The van der Waals surface area contributed by atoms with Gasteiger partial charge in [0.2, 0.25) is 0 Å². The Balaban J connectivity index is 1.54. The monoisotopic (exact) mass is 499 g/mol. The second-order valence-corrected chi connectivity index (χ2v) is 9.85. The Kier molecular flexibility index (Phi) is 5.59. The number of benzene rings is 1. The molecule has 3 heterocycles. The van der Waals surface area contributed by atoms with E-state index in [1.165, 1.54) is 6.07 Å². The van der Waals surface area contributed by atoms with Crippen molar-refractivity contribution >= 4 is 42.6 Å². The standard InChI is InChI=1S/C21H18BrN5O3S/c1-13-3-4-14(9-18(13)31(2,29)30)21(28)24-12-16-10-17-15(11-23-16)5-6-20(25-17)27-8-7-19(22)26-27/h3-11H,12H2,1-2H3,(H,24,28). The highest BCUT2D eigenvalue weighted by Crippen LogP contribution is 2.18. The van der Waals surface area contributed by atoms with Gasteiger partial charge in [-0.3, -0.25) is 9.78 Å². The Hall–Kier alpha value is -3.11. The minimum Gasteiger partial charge on any atom is -0.346 e. The molecule has 1 N–H and O–H groups in total. The van der Waals surface area contributed by atoms with E-state index in [1.54, 1.807) is 42.2 Å². The molecule has 3 aromatic heterocycles. The molecule has 0 aliphatic rings. The number of sulfone groups is 1. The zero-order valence-electron chi connectivity index (χ0n) is 16.7. The molecule has 0 atom stereocenters. The van der Waals surface area contributed by atoms with Crippen molar-refractivity contribution in [1.29, 1.82) is 0 Å². The Morgan fingerprint density at radius 3 is 2.68 bits per heavy atom. The van der Waals surface area contributed by atoms with Gasteiger partial charge in [0.05, 0.1) is 22.7 Å². The summed E-state index contributed by atoms with van der Waals surface area (Å²) in [7, 11) is -3.42. The number of aryl methyl sites for hydroxylation is 1. The van der Waals surface area contributed by atoms with Crippen molar-refractivity contribution in [1.82, 2.24) is 25.1 Å². The normalized spacial score (nSPS) is 11.6. The van der Waals surface area contributed by atoms with Crippen LogP contribution in [0, 0.1) is 6.92 Å². The van der Waals surface area contributed by atoms with E-state index >= 15 is 0 Å². The third-order valence-electron chi connectivity index (χ3n) is 4.69. The molecule has 0 saturated carbocycles. The maximum atomic E-state index is 12.5. The molecule has 8 nitrogen and oxygen atoms in total. The van der Waals surface area contributed by atoms with Crippen LogP contribution in [0.1, 0.15) is 21.6 Å². The summed E-state index contributed by atoms with van der Waals surface area (Å²) in [4.78, 5) is 21.7. The number of fused-ring (bicyclic) bond motifs is 1. The molecule has 4 rings (SSSR count). The predicted octanol–water partition coefficient (Wildman–Crippen LogP) is 3.22. The Labute approximate surface area is 187 Å². The minimum atomic E-state index is -3.42. The Bertz CT molecular complexity index is 1420. The zero-order chi connectivity index (χ0) is 22.2. The second kappa shape index (κ2) is 8.20. The Morgan fingerprint density at radius 2 is 1.97 bits per heavy atom. The van der Waals surface area contributed by atoms with E-state index in [2.05, 4.69) is 36.3 Å². The first-order valence-corrected chi connectivity index (χ1v) is 12.0. The number of halogens is 1. The van der Waals surface area contributed by atoms with Crippen molar-refractivity contribution in [2.75, 3.05) is 6.26 Å². The number of aromatic nitrogens is 4. The molecule has 10 heteroatoms. The number of carbonyl (C=O) groups excluding carboxylic acids is 1. The summed E-state index contributed by atoms with van der Waals surface area (Å²) in [6.07, 6.45) is 4.62. The van der Waals surface area contributed by atoms with Gasteiger partial charge in [0.25, 0.3) is 5.91 Å². The van der Waals surface area contributed by atoms with E-state index in [0.717, 1.165) is 17.2 Å². The van der Waals surface area contributed by atoms with Gasteiger partial charge in [0, 0.05) is 29.6 Å². The summed E-state index contributed by atoms with van der Waals surface area (Å²) in [6.45, 7) is 1.87. The molecule has 4 aromatic rings. The smallest absolute Gasteiger partial charge is 0.251 e. The molecule has 1 aromatic carbocycles. The molecule has 0 aliphatic heterocycles. The van der Waals surface area contributed by atoms with Gasteiger partial charge in [-0.15, -0.1) is 0 Å². The van der Waals surface area contributed by atoms with Crippen molar-refractivity contribution in [3.63, 3.8) is 0 Å². The number of pyridine rings is 2. The SMILES string of the molecule is Cc1ccc(C(=O)NCc2cc3nc(-n4ccc(Br)n4)ccc3cn2)cc1S(C)(=O)=O. The molecule has 1 amide bonds. The molecular formula is C21H18BrN5O3S. The van der Waals surface area contributed by atoms with Crippen LogP contribution in [0.25, 0.3) is 16.7 Å². The number of nitrogens with one attached hydrogen (secondary N) is 1. The van der Waals surface area contributed by atoms with Crippen LogP contribution in [0.4, 0.5) is 0 Å². The number of hydrogen-bond donors (Lipinski definition) is 1. The first-order chi connectivity index (χ1) is 14.7. The number of amides is 1. The first-order valence-electron chi connectivity index (χ1n) is 9.27. The quantitative estimate of drug-likeness (QED) is 0.451. The van der Waals surface area contributed by atoms with Gasteiger partial charge in [-0.05, 0) is 64.8 Å². The summed E-state index contributed by atoms with van der Waals surface area (Å²) in [6, 6.07) is 12.0. The number of rotatable bonds is 5. The Morgan fingerprint density at radius 1 is 1.16 bits per heavy atom. The molecule has 0 spiro atoms. The molecule has 158 valence electrons. The van der Waals surface area contributed by atoms with Gasteiger partial charge in [-0.25, -0.2) is 18.1 Å². The first kappa shape index (κ1) is 21.1. The van der Waals surface area contributed by atoms with E-state index in [4.69, 9.17) is 0 Å². The highest BCUT2D eigenvalue weighted by Gasteiger charge is 2.15. The van der Waals surface area contributed by atoms with Crippen LogP contribution in [0.3, 0.4) is 0 Å². The number of nitrogens with zero attached hydrogens (tertiary/aromatic N) is 4. The zero-order valence-corrected chi connectivity index (χ0v) is 19.1. The lowest BCUT2D eigenvalue weighted by Gasteiger charge is -2.09. The fourth-order valence-corrected chi connectivity index (χ4v) is 4.40. The average Bonchev–Trinajstić information content (AvgIpc) is 3.17. The van der Waals surface area contributed by atoms with Crippen molar-refractivity contribution in [3.8, 4) is 5.82 Å². The molecular weight excluding hydrogens is 482 g/mol. The highest BCUT2D eigenvalue weighted by atomic mass is 79.9. The van der Waals surface area contributed by atoms with Crippen LogP contribution in [-0.2, 0) is 16.4 Å². The van der Waals surface area contributed by atoms with Crippen LogP contribution in [0.15, 0.2) is 64.4 Å². The molecule has 0 unspecified atom stereocenters. The predicted molar refractivity (Wildman–Crippen MR) is 120 cm³/mol. The van der Waals surface area contributed by atoms with Gasteiger partial charge in [0.1, 0.15) is 4.60 Å². The van der Waals surface area contributed by atoms with Crippen molar-refractivity contribution < 1.29 is 13.2 Å². The summed E-state index contributed by atoms with van der Waals surface area (Å²) in [5.74, 6) is 0.280. The van der Waals surface area contributed by atoms with Gasteiger partial charge >= 0.3 is 0 Å². The third-order valence-corrected chi connectivity index (χ3v) is 6.35. The average molecular weight is 500 g/mol. The summed E-state index contributed by atoms with van der Waals surface area (Å²) >= 11 is 3.32. The van der Waals surface area contributed by atoms with Crippen LogP contribution in [-0.4, -0.2) is 40.3 Å². The molecule has 0 saturated heterocycles. The maximum absolute atomic E-state index is 12.5. The van der Waals surface area contributed by atoms with E-state index in [0.29, 0.717) is 21.7 Å². The second-order valence-electron chi connectivity index (χ2n) is 7.06. The van der Waals surface area contributed by atoms with E-state index in [1.807, 2.05) is 18.2 Å². The van der Waals surface area contributed by atoms with E-state index in [9.17, 15) is 13.2 Å². The van der Waals surface area contributed by atoms with Crippen LogP contribution in [0.5, 0.6) is 0 Å². The molecule has 0 fully saturated rings. The van der Waals surface area contributed by atoms with Crippen LogP contribution in [0.2, 0.25) is 0 Å². The summed E-state index contributed by atoms with van der Waals surface area (Å²) in [5, 5.41) is 7.93. The van der Waals surface area contributed by atoms with E-state index in [-0.39, 0.29) is 22.9 Å². The van der Waals surface area contributed by atoms with E-state index < -0.39 is 9.84 Å². The molecule has 0 bridgehead atoms. The number of hydrogen-bond acceptors (Lipinski definition) is 6. The van der Waals surface area contributed by atoms with Crippen LogP contribution >= 0.6 is 15.9 Å². The maximum Gasteiger partial charge on any atom is 0.251 e. The third kappa shape index (κ3) is 4.64. The highest BCUT2D eigenvalue weighted by molar-refractivity contribution is 9.10. The fraction of sp³-hybridized carbons (Fsp3) is 0.143. The lowest BCUT2D eigenvalue weighted by molar-refractivity contribution is 0.0950. The summed E-state index contributed by atoms with van der Waals surface area (Å²) in [5.41, 5.74) is 2.22. The fourth-order valence-electron chi connectivity index (χ4n) is 3.11. The van der Waals surface area contributed by atoms with Crippen molar-refractivity contribution in [2.24, 2.45) is 0 Å². The van der Waals surface area contributed by atoms with Crippen molar-refractivity contribution in [2.45, 2.75) is 18.4 Å². The topological polar surface area (TPSA) is 107 Å². The van der Waals surface area contributed by atoms with Gasteiger partial charge < -0.3 is 5.32 Å². The van der Waals surface area contributed by atoms with Gasteiger partial charge in [0.15, 0.2) is 15.7 Å². The lowest BCUT2D eigenvalue weighted by Crippen LogP contribution is -2.23. The largest absolute Gasteiger partial charge is 0.346 e. The minimum absolute atomic E-state index is 0.144.